The molecular formula is C28H30Cl2N6O4. The first kappa shape index (κ1) is 32.2. The number of likely N-dealkylation sites (N-methyl/N-ethyl adjacent to an activating group) is 1. The maximum absolute atomic E-state index is 13.3. The zero-order valence-corrected chi connectivity index (χ0v) is 23.7. The van der Waals surface area contributed by atoms with Gasteiger partial charge in [-0.15, -0.1) is 0 Å². The zero-order chi connectivity index (χ0) is 30.0. The first-order valence-electron chi connectivity index (χ1n) is 12.1. The van der Waals surface area contributed by atoms with Crippen molar-refractivity contribution in [2.45, 2.75) is 38.3 Å². The van der Waals surface area contributed by atoms with Gasteiger partial charge in [0.2, 0.25) is 11.9 Å². The summed E-state index contributed by atoms with van der Waals surface area (Å²) < 4.78 is 1.93. The van der Waals surface area contributed by atoms with Crippen molar-refractivity contribution >= 4 is 60.2 Å². The van der Waals surface area contributed by atoms with Crippen LogP contribution in [-0.2, 0) is 25.6 Å². The third kappa shape index (κ3) is 7.33. The molecule has 0 bridgehead atoms. The Kier molecular flexibility index (Phi) is 12.0. The van der Waals surface area contributed by atoms with Crippen molar-refractivity contribution < 1.29 is 19.2 Å². The van der Waals surface area contributed by atoms with Crippen molar-refractivity contribution in [1.82, 2.24) is 14.5 Å². The number of aromatic nitrogens is 2. The largest absolute Gasteiger partial charge is 0.368 e. The number of anilines is 2. The van der Waals surface area contributed by atoms with Crippen molar-refractivity contribution in [3.8, 4) is 6.07 Å². The van der Waals surface area contributed by atoms with Crippen molar-refractivity contribution in [2.75, 3.05) is 18.5 Å². The van der Waals surface area contributed by atoms with Crippen molar-refractivity contribution in [2.24, 2.45) is 5.73 Å². The van der Waals surface area contributed by atoms with E-state index < -0.39 is 6.04 Å². The zero-order valence-electron chi connectivity index (χ0n) is 22.2. The van der Waals surface area contributed by atoms with Crippen molar-refractivity contribution in [3.63, 3.8) is 0 Å². The molecule has 210 valence electrons. The van der Waals surface area contributed by atoms with Crippen LogP contribution in [0.25, 0.3) is 0 Å². The van der Waals surface area contributed by atoms with Crippen molar-refractivity contribution in [3.05, 3.63) is 75.5 Å². The van der Waals surface area contributed by atoms with Crippen LogP contribution in [0.1, 0.15) is 35.7 Å². The summed E-state index contributed by atoms with van der Waals surface area (Å²) >= 11 is 12.3. The number of carbonyl (C=O) groups excluding carboxylic acids is 4. The number of aryl methyl sites for hydroxylation is 1. The van der Waals surface area contributed by atoms with Gasteiger partial charge < -0.3 is 19.9 Å². The second-order valence-corrected chi connectivity index (χ2v) is 9.81. The van der Waals surface area contributed by atoms with Crippen LogP contribution in [0.3, 0.4) is 0 Å². The molecule has 0 saturated carbocycles. The van der Waals surface area contributed by atoms with Gasteiger partial charge in [0.1, 0.15) is 19.6 Å². The molecule has 2 aliphatic heterocycles. The van der Waals surface area contributed by atoms with E-state index in [2.05, 4.69) is 11.1 Å². The lowest BCUT2D eigenvalue weighted by atomic mass is 10.0. The average molecular weight is 585 g/mol. The highest BCUT2D eigenvalue weighted by molar-refractivity contribution is 6.35. The van der Waals surface area contributed by atoms with E-state index in [0.29, 0.717) is 33.7 Å². The Bertz CT molecular complexity index is 1350. The van der Waals surface area contributed by atoms with E-state index in [-0.39, 0.29) is 17.9 Å². The van der Waals surface area contributed by atoms with Crippen LogP contribution < -0.4 is 10.6 Å². The summed E-state index contributed by atoms with van der Waals surface area (Å²) in [4.78, 5) is 47.8. The van der Waals surface area contributed by atoms with E-state index in [1.54, 1.807) is 41.4 Å². The lowest BCUT2D eigenvalue weighted by Crippen LogP contribution is -2.37. The van der Waals surface area contributed by atoms with Gasteiger partial charge >= 0.3 is 0 Å². The fraction of sp³-hybridized carbons (Fsp3) is 0.286. The maximum atomic E-state index is 13.3. The van der Waals surface area contributed by atoms with Crippen LogP contribution in [-0.4, -0.2) is 59.5 Å². The molecule has 2 amide bonds. The minimum absolute atomic E-state index is 0.00463. The molecular weight excluding hydrogens is 555 g/mol. The molecule has 2 aromatic carbocycles. The molecule has 3 aromatic rings. The summed E-state index contributed by atoms with van der Waals surface area (Å²) in [6.07, 6.45) is 4.28. The third-order valence-electron chi connectivity index (χ3n) is 6.45. The second kappa shape index (κ2) is 14.9. The number of benzene rings is 2. The quantitative estimate of drug-likeness (QED) is 0.487. The smallest absolute Gasteiger partial charge is 0.257 e. The van der Waals surface area contributed by atoms with Gasteiger partial charge in [-0.3, -0.25) is 14.5 Å². The molecule has 10 nitrogen and oxygen atoms in total. The Morgan fingerprint density at radius 2 is 1.73 bits per heavy atom. The minimum Gasteiger partial charge on any atom is -0.368 e. The number of amides is 2. The van der Waals surface area contributed by atoms with Crippen LogP contribution in [0.15, 0.2) is 48.7 Å². The SMILES string of the molecule is C=O.C=O.CN1CCC[C@H]1C(N)=O.Cc1cnc2n1C(Cc1ccc(C#N)cc1)C(=O)N2c1cc(Cl)cc(Cl)c1. The molecule has 0 aliphatic carbocycles. The molecule has 12 heteroatoms. The van der Waals surface area contributed by atoms with Crippen LogP contribution >= 0.6 is 23.2 Å². The van der Waals surface area contributed by atoms with Crippen molar-refractivity contribution in [1.29, 1.82) is 5.26 Å². The topological polar surface area (TPSA) is 142 Å². The highest BCUT2D eigenvalue weighted by Crippen LogP contribution is 2.40. The minimum atomic E-state index is -0.423. The number of halogens is 2. The number of nitrogens with zero attached hydrogens (tertiary/aromatic N) is 5. The molecule has 1 aromatic heterocycles. The Hall–Kier alpha value is -4.04. The Morgan fingerprint density at radius 3 is 2.20 bits per heavy atom. The normalized spacial score (nSPS) is 17.3. The van der Waals surface area contributed by atoms with E-state index >= 15 is 0 Å². The monoisotopic (exact) mass is 584 g/mol. The van der Waals surface area contributed by atoms with Crippen LogP contribution in [0.2, 0.25) is 10.0 Å². The lowest BCUT2D eigenvalue weighted by molar-refractivity contribution is -0.122. The number of primary amides is 1. The van der Waals surface area contributed by atoms with Gasteiger partial charge in [0.15, 0.2) is 0 Å². The number of hydrogen-bond donors (Lipinski definition) is 1. The molecule has 1 saturated heterocycles. The fourth-order valence-corrected chi connectivity index (χ4v) is 5.15. The molecule has 2 atom stereocenters. The van der Waals surface area contributed by atoms with Crippen LogP contribution in [0.4, 0.5) is 11.6 Å². The second-order valence-electron chi connectivity index (χ2n) is 8.94. The lowest BCUT2D eigenvalue weighted by Gasteiger charge is -2.16. The first-order chi connectivity index (χ1) is 19.2. The molecule has 2 aliphatic rings. The van der Waals surface area contributed by atoms with Gasteiger partial charge in [-0.2, -0.15) is 5.26 Å². The number of nitriles is 1. The number of nitrogens with two attached hydrogens (primary N) is 1. The summed E-state index contributed by atoms with van der Waals surface area (Å²) in [6.45, 7) is 6.93. The van der Waals surface area contributed by atoms with E-state index in [1.165, 1.54) is 0 Å². The predicted molar refractivity (Wildman–Crippen MR) is 154 cm³/mol. The molecule has 3 heterocycles. The summed E-state index contributed by atoms with van der Waals surface area (Å²) in [7, 11) is 1.93. The predicted octanol–water partition coefficient (Wildman–Crippen LogP) is 4.03. The standard InChI is InChI=1S/C20H14Cl2N4O.C6H12N2O.2CH2O/c1-12-11-24-20-25(12)18(6-13-2-4-14(10-23)5-3-13)19(27)26(20)17-8-15(21)7-16(22)9-17;1-8-4-2-3-5(8)6(7)9;2*1-2/h2-5,7-9,11,18H,6H2,1H3;5H,2-4H2,1H3,(H2,7,9);2*1H2/t;5-;;/m.0../s1. The van der Waals surface area contributed by atoms with Gasteiger partial charge in [-0.05, 0) is 69.3 Å². The highest BCUT2D eigenvalue weighted by Gasteiger charge is 2.40. The van der Waals surface area contributed by atoms with Gasteiger partial charge in [0.25, 0.3) is 5.91 Å². The summed E-state index contributed by atoms with van der Waals surface area (Å²) in [5.74, 6) is 0.272. The number of imidazole rings is 1. The van der Waals surface area contributed by atoms with Crippen LogP contribution in [0, 0.1) is 18.3 Å². The average Bonchev–Trinajstić information content (AvgIpc) is 3.62. The third-order valence-corrected chi connectivity index (χ3v) is 6.88. The molecule has 40 heavy (non-hydrogen) atoms. The number of carbonyl (C=O) groups is 4. The number of hydrogen-bond acceptors (Lipinski definition) is 7. The first-order valence-corrected chi connectivity index (χ1v) is 12.9. The van der Waals surface area contributed by atoms with Crippen LogP contribution in [0.5, 0.6) is 0 Å². The Balaban J connectivity index is 0.000000362. The maximum Gasteiger partial charge on any atom is 0.257 e. The van der Waals surface area contributed by atoms with E-state index in [4.69, 9.17) is 43.8 Å². The van der Waals surface area contributed by atoms with E-state index in [0.717, 1.165) is 30.6 Å². The van der Waals surface area contributed by atoms with Gasteiger partial charge in [0.05, 0.1) is 29.6 Å². The summed E-state index contributed by atoms with van der Waals surface area (Å²) in [6, 6.07) is 14.0. The highest BCUT2D eigenvalue weighted by atomic mass is 35.5. The van der Waals surface area contributed by atoms with E-state index in [1.807, 2.05) is 49.1 Å². The van der Waals surface area contributed by atoms with Gasteiger partial charge in [-0.1, -0.05) is 35.3 Å². The van der Waals surface area contributed by atoms with E-state index in [9.17, 15) is 9.59 Å². The summed E-state index contributed by atoms with van der Waals surface area (Å²) in [5, 5.41) is 9.86. The summed E-state index contributed by atoms with van der Waals surface area (Å²) in [5.41, 5.74) is 8.15. The number of fused-ring (bicyclic) bond motifs is 1. The Labute approximate surface area is 242 Å². The van der Waals surface area contributed by atoms with Gasteiger partial charge in [0, 0.05) is 22.2 Å². The molecule has 0 spiro atoms. The molecule has 1 fully saturated rings. The molecule has 5 rings (SSSR count). The molecule has 2 N–H and O–H groups in total. The number of rotatable bonds is 4. The molecule has 0 radical (unpaired) electrons. The number of likely N-dealkylation sites (tertiary alicyclic amines) is 1. The molecule has 1 unspecified atom stereocenters. The van der Waals surface area contributed by atoms with Gasteiger partial charge in [-0.25, -0.2) is 9.88 Å². The Morgan fingerprint density at radius 1 is 1.12 bits per heavy atom. The fourth-order valence-electron chi connectivity index (χ4n) is 4.64.